The number of nitrogens with zero attached hydrogens (tertiary/aromatic N) is 4. The van der Waals surface area contributed by atoms with Crippen molar-refractivity contribution in [2.24, 2.45) is 0 Å². The van der Waals surface area contributed by atoms with Gasteiger partial charge in [0, 0.05) is 19.7 Å². The van der Waals surface area contributed by atoms with Crippen LogP contribution in [-0.2, 0) is 4.74 Å². The van der Waals surface area contributed by atoms with E-state index in [2.05, 4.69) is 31.0 Å². The molecule has 0 bridgehead atoms. The van der Waals surface area contributed by atoms with Gasteiger partial charge >= 0.3 is 0 Å². The molecule has 2 aromatic heterocycles. The van der Waals surface area contributed by atoms with Crippen LogP contribution in [0.15, 0.2) is 16.8 Å². The summed E-state index contributed by atoms with van der Waals surface area (Å²) in [5.41, 5.74) is 0. The Bertz CT molecular complexity index is 501. The predicted molar refractivity (Wildman–Crippen MR) is 64.7 cm³/mol. The lowest BCUT2D eigenvalue weighted by molar-refractivity contribution is 0.210. The number of rotatable bonds is 6. The molecule has 0 aliphatic heterocycles. The van der Waals surface area contributed by atoms with Gasteiger partial charge in [-0.15, -0.1) is 5.10 Å². The molecule has 0 spiro atoms. The Morgan fingerprint density at radius 3 is 3.00 bits per heavy atom. The third kappa shape index (κ3) is 3.39. The van der Waals surface area contributed by atoms with Crippen LogP contribution in [0.4, 0.5) is 17.6 Å². The minimum absolute atomic E-state index is 0.428. The first-order valence-electron chi connectivity index (χ1n) is 5.41. The summed E-state index contributed by atoms with van der Waals surface area (Å²) in [7, 11) is 1.63. The molecular weight excluding hydrogens is 236 g/mol. The maximum atomic E-state index is 4.94. The Kier molecular flexibility index (Phi) is 4.02. The molecule has 8 heteroatoms. The molecule has 8 nitrogen and oxygen atoms in total. The van der Waals surface area contributed by atoms with Crippen LogP contribution in [0.25, 0.3) is 0 Å². The summed E-state index contributed by atoms with van der Waals surface area (Å²) in [5, 5.41) is 17.4. The third-order valence-corrected chi connectivity index (χ3v) is 2.03. The molecule has 0 amide bonds. The first kappa shape index (κ1) is 12.2. The zero-order valence-corrected chi connectivity index (χ0v) is 10.2. The fraction of sp³-hybridized carbons (Fsp3) is 0.400. The molecule has 0 saturated heterocycles. The van der Waals surface area contributed by atoms with E-state index < -0.39 is 0 Å². The van der Waals surface area contributed by atoms with Crippen LogP contribution in [-0.4, -0.2) is 40.6 Å². The van der Waals surface area contributed by atoms with Gasteiger partial charge in [0.05, 0.1) is 12.8 Å². The van der Waals surface area contributed by atoms with Crippen LogP contribution in [0.3, 0.4) is 0 Å². The van der Waals surface area contributed by atoms with Crippen molar-refractivity contribution in [3.8, 4) is 0 Å². The first-order chi connectivity index (χ1) is 8.78. The predicted octanol–water partition coefficient (Wildman–Crippen LogP) is 0.970. The number of aryl methyl sites for hydroxylation is 1. The molecule has 2 heterocycles. The highest BCUT2D eigenvalue weighted by Gasteiger charge is 2.03. The average molecular weight is 250 g/mol. The zero-order valence-electron chi connectivity index (χ0n) is 10.2. The lowest BCUT2D eigenvalue weighted by Crippen LogP contribution is -2.11. The lowest BCUT2D eigenvalue weighted by atomic mass is 10.5. The second-order valence-corrected chi connectivity index (χ2v) is 3.53. The van der Waals surface area contributed by atoms with Crippen molar-refractivity contribution in [3.63, 3.8) is 0 Å². The van der Waals surface area contributed by atoms with Crippen LogP contribution in [0.5, 0.6) is 0 Å². The van der Waals surface area contributed by atoms with Crippen LogP contribution < -0.4 is 10.6 Å². The largest absolute Gasteiger partial charge is 0.383 e. The standard InChI is InChI=1S/C10H14N6O2/c1-7-5-8(16-18-7)13-9-6-12-15-10(14-9)11-3-4-17-2/h5-6H,3-4H2,1-2H3,(H2,11,13,14,15,16). The number of aromatic nitrogens is 4. The van der Waals surface area contributed by atoms with Crippen molar-refractivity contribution < 1.29 is 9.26 Å². The molecule has 0 aliphatic carbocycles. The normalized spacial score (nSPS) is 10.3. The van der Waals surface area contributed by atoms with Gasteiger partial charge in [-0.1, -0.05) is 5.16 Å². The van der Waals surface area contributed by atoms with Crippen molar-refractivity contribution in [3.05, 3.63) is 18.0 Å². The molecule has 18 heavy (non-hydrogen) atoms. The van der Waals surface area contributed by atoms with Gasteiger partial charge in [-0.25, -0.2) is 0 Å². The van der Waals surface area contributed by atoms with Crippen molar-refractivity contribution in [2.75, 3.05) is 30.9 Å². The molecule has 2 N–H and O–H groups in total. The topological polar surface area (TPSA) is 98.0 Å². The number of hydrogen-bond acceptors (Lipinski definition) is 8. The van der Waals surface area contributed by atoms with Gasteiger partial charge in [-0.2, -0.15) is 10.1 Å². The summed E-state index contributed by atoms with van der Waals surface area (Å²) in [6, 6.07) is 1.76. The molecule has 0 fully saturated rings. The summed E-state index contributed by atoms with van der Waals surface area (Å²) in [5.74, 6) is 2.27. The van der Waals surface area contributed by atoms with E-state index in [4.69, 9.17) is 9.26 Å². The zero-order chi connectivity index (χ0) is 12.8. The van der Waals surface area contributed by atoms with Crippen molar-refractivity contribution in [2.45, 2.75) is 6.92 Å². The van der Waals surface area contributed by atoms with Gasteiger partial charge in [-0.05, 0) is 6.92 Å². The number of nitrogens with one attached hydrogen (secondary N) is 2. The molecule has 0 radical (unpaired) electrons. The number of hydrogen-bond donors (Lipinski definition) is 2. The summed E-state index contributed by atoms with van der Waals surface area (Å²) in [6.07, 6.45) is 1.51. The van der Waals surface area contributed by atoms with E-state index in [1.54, 1.807) is 13.2 Å². The molecule has 0 saturated carbocycles. The van der Waals surface area contributed by atoms with Crippen molar-refractivity contribution >= 4 is 17.6 Å². The monoisotopic (exact) mass is 250 g/mol. The molecule has 96 valence electrons. The second kappa shape index (κ2) is 5.92. The van der Waals surface area contributed by atoms with Gasteiger partial charge in [0.2, 0.25) is 5.95 Å². The van der Waals surface area contributed by atoms with Crippen LogP contribution >= 0.6 is 0 Å². The van der Waals surface area contributed by atoms with Crippen molar-refractivity contribution in [1.29, 1.82) is 0 Å². The molecule has 2 rings (SSSR count). The van der Waals surface area contributed by atoms with E-state index in [1.807, 2.05) is 6.92 Å². The Hall–Kier alpha value is -2.22. The fourth-order valence-electron chi connectivity index (χ4n) is 1.26. The molecule has 0 atom stereocenters. The summed E-state index contributed by atoms with van der Waals surface area (Å²) < 4.78 is 9.85. The number of methoxy groups -OCH3 is 1. The van der Waals surface area contributed by atoms with Gasteiger partial charge in [0.25, 0.3) is 0 Å². The number of ether oxygens (including phenoxy) is 1. The van der Waals surface area contributed by atoms with E-state index in [-0.39, 0.29) is 0 Å². The van der Waals surface area contributed by atoms with Gasteiger partial charge in [0.15, 0.2) is 11.6 Å². The highest BCUT2D eigenvalue weighted by molar-refractivity contribution is 5.51. The van der Waals surface area contributed by atoms with E-state index in [9.17, 15) is 0 Å². The Balaban J connectivity index is 1.98. The molecular formula is C10H14N6O2. The van der Waals surface area contributed by atoms with E-state index in [1.165, 1.54) is 6.20 Å². The van der Waals surface area contributed by atoms with E-state index in [0.29, 0.717) is 30.7 Å². The average Bonchev–Trinajstić information content (AvgIpc) is 2.76. The van der Waals surface area contributed by atoms with Crippen LogP contribution in [0.2, 0.25) is 0 Å². The fourth-order valence-corrected chi connectivity index (χ4v) is 1.26. The van der Waals surface area contributed by atoms with Crippen LogP contribution in [0.1, 0.15) is 5.76 Å². The smallest absolute Gasteiger partial charge is 0.244 e. The maximum Gasteiger partial charge on any atom is 0.244 e. The lowest BCUT2D eigenvalue weighted by Gasteiger charge is -2.04. The minimum atomic E-state index is 0.428. The summed E-state index contributed by atoms with van der Waals surface area (Å²) in [6.45, 7) is 3.00. The van der Waals surface area contributed by atoms with Gasteiger partial charge in [0.1, 0.15) is 5.76 Å². The van der Waals surface area contributed by atoms with Crippen LogP contribution in [0, 0.1) is 6.92 Å². The molecule has 2 aromatic rings. The summed E-state index contributed by atoms with van der Waals surface area (Å²) in [4.78, 5) is 4.22. The minimum Gasteiger partial charge on any atom is -0.383 e. The molecule has 0 aliphatic rings. The van der Waals surface area contributed by atoms with E-state index in [0.717, 1.165) is 5.76 Å². The Morgan fingerprint density at radius 2 is 2.28 bits per heavy atom. The number of anilines is 3. The van der Waals surface area contributed by atoms with Gasteiger partial charge < -0.3 is 19.9 Å². The molecule has 0 aromatic carbocycles. The highest BCUT2D eigenvalue weighted by atomic mass is 16.5. The SMILES string of the molecule is COCCNc1nncc(Nc2cc(C)on2)n1. The first-order valence-corrected chi connectivity index (χ1v) is 5.41. The Morgan fingerprint density at radius 1 is 1.39 bits per heavy atom. The molecule has 0 unspecified atom stereocenters. The summed E-state index contributed by atoms with van der Waals surface area (Å²) >= 11 is 0. The maximum absolute atomic E-state index is 4.94. The Labute approximate surface area is 104 Å². The van der Waals surface area contributed by atoms with Gasteiger partial charge in [-0.3, -0.25) is 0 Å². The quantitative estimate of drug-likeness (QED) is 0.732. The third-order valence-electron chi connectivity index (χ3n) is 2.03. The highest BCUT2D eigenvalue weighted by Crippen LogP contribution is 2.13. The second-order valence-electron chi connectivity index (χ2n) is 3.53. The van der Waals surface area contributed by atoms with Crippen molar-refractivity contribution in [1.82, 2.24) is 20.3 Å². The van der Waals surface area contributed by atoms with E-state index >= 15 is 0 Å².